The van der Waals surface area contributed by atoms with Crippen LogP contribution in [0.3, 0.4) is 0 Å². The topological polar surface area (TPSA) is 17.1 Å². The van der Waals surface area contributed by atoms with E-state index in [0.717, 1.165) is 25.5 Å². The second-order valence-electron chi connectivity index (χ2n) is 2.09. The molecule has 0 bridgehead atoms. The maximum absolute atomic E-state index is 10.1. The lowest BCUT2D eigenvalue weighted by molar-refractivity contribution is -0.111. The van der Waals surface area contributed by atoms with Gasteiger partial charge in [-0.05, 0) is 12.8 Å². The van der Waals surface area contributed by atoms with Gasteiger partial charge < -0.3 is 4.79 Å². The van der Waals surface area contributed by atoms with Crippen molar-refractivity contribution in [2.24, 2.45) is 5.92 Å². The third-order valence-corrected chi connectivity index (χ3v) is 1.38. The number of carbonyl (C=O) groups excluding carboxylic acids is 1. The molecule has 0 heterocycles. The fraction of sp³-hybridized carbons (Fsp3) is 0.889. The fourth-order valence-electron chi connectivity index (χ4n) is 0.739. The van der Waals surface area contributed by atoms with Crippen LogP contribution in [-0.2, 0) is 4.79 Å². The van der Waals surface area contributed by atoms with Crippen LogP contribution in [0.25, 0.3) is 0 Å². The van der Waals surface area contributed by atoms with Gasteiger partial charge in [-0.25, -0.2) is 0 Å². The average molecular weight is 144 g/mol. The zero-order valence-electron chi connectivity index (χ0n) is 7.68. The summed E-state index contributed by atoms with van der Waals surface area (Å²) in [5.41, 5.74) is 0. The molecule has 1 unspecified atom stereocenters. The van der Waals surface area contributed by atoms with Crippen molar-refractivity contribution in [3.8, 4) is 0 Å². The summed E-state index contributed by atoms with van der Waals surface area (Å²) in [6.45, 7) is 8.15. The van der Waals surface area contributed by atoms with Gasteiger partial charge in [-0.1, -0.05) is 34.1 Å². The van der Waals surface area contributed by atoms with E-state index >= 15 is 0 Å². The van der Waals surface area contributed by atoms with Gasteiger partial charge in [0.15, 0.2) is 0 Å². The summed E-state index contributed by atoms with van der Waals surface area (Å²) in [6, 6.07) is 0. The van der Waals surface area contributed by atoms with Crippen LogP contribution in [0.2, 0.25) is 0 Å². The molecule has 1 nitrogen and oxygen atoms in total. The highest BCUT2D eigenvalue weighted by Gasteiger charge is 1.99. The molecule has 0 aliphatic heterocycles. The maximum atomic E-state index is 10.1. The lowest BCUT2D eigenvalue weighted by Crippen LogP contribution is -1.97. The van der Waals surface area contributed by atoms with Crippen LogP contribution < -0.4 is 0 Å². The SMILES string of the molecule is CC.CCCC(C=O)CC. The molecular weight excluding hydrogens is 124 g/mol. The molecule has 0 N–H and O–H groups in total. The standard InChI is InChI=1S/C7H14O.C2H6/c1-3-5-7(4-2)6-8;1-2/h6-7H,3-5H2,1-2H3;1-2H3. The van der Waals surface area contributed by atoms with Crippen molar-refractivity contribution in [2.45, 2.75) is 47.0 Å². The quantitative estimate of drug-likeness (QED) is 0.554. The molecule has 0 aromatic heterocycles. The van der Waals surface area contributed by atoms with Crippen LogP contribution in [0, 0.1) is 5.92 Å². The van der Waals surface area contributed by atoms with E-state index in [0.29, 0.717) is 5.92 Å². The van der Waals surface area contributed by atoms with E-state index in [2.05, 4.69) is 13.8 Å². The van der Waals surface area contributed by atoms with Gasteiger partial charge in [-0.15, -0.1) is 0 Å². The minimum atomic E-state index is 0.319. The Bertz CT molecular complexity index is 59.7. The van der Waals surface area contributed by atoms with E-state index in [4.69, 9.17) is 0 Å². The summed E-state index contributed by atoms with van der Waals surface area (Å²) in [6.07, 6.45) is 4.23. The van der Waals surface area contributed by atoms with E-state index in [9.17, 15) is 4.79 Å². The molecule has 0 amide bonds. The summed E-state index contributed by atoms with van der Waals surface area (Å²) in [7, 11) is 0. The van der Waals surface area contributed by atoms with Crippen molar-refractivity contribution < 1.29 is 4.79 Å². The lowest BCUT2D eigenvalue weighted by Gasteiger charge is -2.01. The Balaban J connectivity index is 0. The van der Waals surface area contributed by atoms with Crippen LogP contribution in [0.4, 0.5) is 0 Å². The number of carbonyl (C=O) groups is 1. The van der Waals surface area contributed by atoms with Gasteiger partial charge in [0.2, 0.25) is 0 Å². The lowest BCUT2D eigenvalue weighted by atomic mass is 10.0. The van der Waals surface area contributed by atoms with Gasteiger partial charge >= 0.3 is 0 Å². The molecule has 0 spiro atoms. The van der Waals surface area contributed by atoms with E-state index in [-0.39, 0.29) is 0 Å². The van der Waals surface area contributed by atoms with Crippen LogP contribution in [0.1, 0.15) is 47.0 Å². The van der Waals surface area contributed by atoms with Gasteiger partial charge in [-0.3, -0.25) is 0 Å². The number of rotatable bonds is 4. The van der Waals surface area contributed by atoms with Gasteiger partial charge in [0, 0.05) is 5.92 Å². The summed E-state index contributed by atoms with van der Waals surface area (Å²) in [5.74, 6) is 0.319. The Kier molecular flexibility index (Phi) is 14.2. The Labute approximate surface area is 64.8 Å². The Morgan fingerprint density at radius 3 is 1.90 bits per heavy atom. The van der Waals surface area contributed by atoms with E-state index < -0.39 is 0 Å². The number of aldehydes is 1. The molecule has 0 rings (SSSR count). The monoisotopic (exact) mass is 144 g/mol. The van der Waals surface area contributed by atoms with Gasteiger partial charge in [-0.2, -0.15) is 0 Å². The molecule has 0 radical (unpaired) electrons. The molecule has 0 aromatic rings. The summed E-state index contributed by atoms with van der Waals surface area (Å²) < 4.78 is 0. The van der Waals surface area contributed by atoms with Gasteiger partial charge in [0.25, 0.3) is 0 Å². The summed E-state index contributed by atoms with van der Waals surface area (Å²) in [4.78, 5) is 10.1. The van der Waals surface area contributed by atoms with Crippen molar-refractivity contribution in [3.63, 3.8) is 0 Å². The zero-order valence-corrected chi connectivity index (χ0v) is 7.68. The van der Waals surface area contributed by atoms with Gasteiger partial charge in [0.05, 0.1) is 0 Å². The summed E-state index contributed by atoms with van der Waals surface area (Å²) in [5, 5.41) is 0. The first-order valence-corrected chi connectivity index (χ1v) is 4.30. The van der Waals surface area contributed by atoms with Crippen molar-refractivity contribution in [2.75, 3.05) is 0 Å². The molecule has 62 valence electrons. The third-order valence-electron chi connectivity index (χ3n) is 1.38. The molecule has 0 aliphatic carbocycles. The molecule has 0 aliphatic rings. The molecule has 0 aromatic carbocycles. The second-order valence-corrected chi connectivity index (χ2v) is 2.09. The second kappa shape index (κ2) is 11.5. The highest BCUT2D eigenvalue weighted by Crippen LogP contribution is 2.05. The molecule has 0 fully saturated rings. The average Bonchev–Trinajstić information content (AvgIpc) is 2.04. The molecule has 0 saturated carbocycles. The Morgan fingerprint density at radius 1 is 1.30 bits per heavy atom. The largest absolute Gasteiger partial charge is 0.303 e. The highest BCUT2D eigenvalue weighted by molar-refractivity contribution is 5.53. The Hall–Kier alpha value is -0.330. The summed E-state index contributed by atoms with van der Waals surface area (Å²) >= 11 is 0. The van der Waals surface area contributed by atoms with E-state index in [1.54, 1.807) is 0 Å². The third kappa shape index (κ3) is 7.67. The first-order valence-electron chi connectivity index (χ1n) is 4.30. The van der Waals surface area contributed by atoms with Crippen LogP contribution in [-0.4, -0.2) is 6.29 Å². The van der Waals surface area contributed by atoms with Gasteiger partial charge in [0.1, 0.15) is 6.29 Å². The first kappa shape index (κ1) is 12.4. The van der Waals surface area contributed by atoms with Crippen molar-refractivity contribution in [3.05, 3.63) is 0 Å². The minimum Gasteiger partial charge on any atom is -0.303 e. The first-order chi connectivity index (χ1) is 4.85. The number of hydrogen-bond acceptors (Lipinski definition) is 1. The van der Waals surface area contributed by atoms with Crippen LogP contribution in [0.15, 0.2) is 0 Å². The Morgan fingerprint density at radius 2 is 1.80 bits per heavy atom. The van der Waals surface area contributed by atoms with Crippen molar-refractivity contribution in [1.82, 2.24) is 0 Å². The van der Waals surface area contributed by atoms with Crippen LogP contribution >= 0.6 is 0 Å². The molecule has 1 heteroatoms. The highest BCUT2D eigenvalue weighted by atomic mass is 16.1. The normalized spacial score (nSPS) is 11.2. The minimum absolute atomic E-state index is 0.319. The predicted octanol–water partition coefficient (Wildman–Crippen LogP) is 3.04. The van der Waals surface area contributed by atoms with E-state index in [1.807, 2.05) is 13.8 Å². The molecule has 0 saturated heterocycles. The molecule has 10 heavy (non-hydrogen) atoms. The number of hydrogen-bond donors (Lipinski definition) is 0. The fourth-order valence-corrected chi connectivity index (χ4v) is 0.739. The zero-order chi connectivity index (χ0) is 8.41. The maximum Gasteiger partial charge on any atom is 0.123 e. The predicted molar refractivity (Wildman–Crippen MR) is 46.1 cm³/mol. The smallest absolute Gasteiger partial charge is 0.123 e. The molecular formula is C9H20O. The van der Waals surface area contributed by atoms with Crippen molar-refractivity contribution in [1.29, 1.82) is 0 Å². The van der Waals surface area contributed by atoms with Crippen LogP contribution in [0.5, 0.6) is 0 Å². The van der Waals surface area contributed by atoms with E-state index in [1.165, 1.54) is 0 Å². The van der Waals surface area contributed by atoms with Crippen molar-refractivity contribution >= 4 is 6.29 Å². The molecule has 1 atom stereocenters.